The minimum atomic E-state index is -0.163. The summed E-state index contributed by atoms with van der Waals surface area (Å²) in [6.07, 6.45) is 3.58. The molecule has 1 heterocycles. The molecule has 5 nitrogen and oxygen atoms in total. The quantitative estimate of drug-likeness (QED) is 0.608. The molecule has 94 valence electrons. The van der Waals surface area contributed by atoms with E-state index in [9.17, 15) is 4.79 Å². The average molecular weight is 272 g/mol. The van der Waals surface area contributed by atoms with Crippen molar-refractivity contribution < 1.29 is 4.79 Å². The van der Waals surface area contributed by atoms with Crippen LogP contribution in [0.5, 0.6) is 0 Å². The first-order chi connectivity index (χ1) is 8.22. The van der Waals surface area contributed by atoms with Crippen molar-refractivity contribution in [3.63, 3.8) is 0 Å². The van der Waals surface area contributed by atoms with Gasteiger partial charge in [0.15, 0.2) is 0 Å². The Hall–Kier alpha value is -0.950. The summed E-state index contributed by atoms with van der Waals surface area (Å²) in [6, 6.07) is -0.163. The maximum Gasteiger partial charge on any atom is 0.324 e. The zero-order valence-corrected chi connectivity index (χ0v) is 11.5. The van der Waals surface area contributed by atoms with Gasteiger partial charge in [-0.2, -0.15) is 11.8 Å². The van der Waals surface area contributed by atoms with E-state index in [0.29, 0.717) is 0 Å². The zero-order valence-electron chi connectivity index (χ0n) is 9.90. The van der Waals surface area contributed by atoms with Crippen molar-refractivity contribution in [2.75, 3.05) is 18.6 Å². The summed E-state index contributed by atoms with van der Waals surface area (Å²) >= 11 is 3.18. The average Bonchev–Trinajstić information content (AvgIpc) is 2.35. The first kappa shape index (κ1) is 14.1. The second-order valence-corrected chi connectivity index (χ2v) is 5.24. The Morgan fingerprint density at radius 3 is 2.82 bits per heavy atom. The van der Waals surface area contributed by atoms with Gasteiger partial charge < -0.3 is 5.32 Å². The Balaban J connectivity index is 2.04. The van der Waals surface area contributed by atoms with Crippen LogP contribution in [0.4, 0.5) is 4.79 Å². The number of urea groups is 1. The van der Waals surface area contributed by atoms with Crippen LogP contribution >= 0.6 is 23.7 Å². The fourth-order valence-corrected chi connectivity index (χ4v) is 2.58. The molecule has 0 unspecified atom stereocenters. The molecule has 7 heteroatoms. The molecule has 1 rings (SSSR count). The Bertz CT molecular complexity index is 345. The van der Waals surface area contributed by atoms with Crippen molar-refractivity contribution in [1.29, 1.82) is 0 Å². The number of amides is 2. The third-order valence-corrected chi connectivity index (χ3v) is 3.80. The molecule has 0 spiro atoms. The lowest BCUT2D eigenvalue weighted by Gasteiger charge is -2.03. The van der Waals surface area contributed by atoms with Crippen LogP contribution in [0.2, 0.25) is 0 Å². The zero-order chi connectivity index (χ0) is 12.5. The molecule has 0 aromatic carbocycles. The summed E-state index contributed by atoms with van der Waals surface area (Å²) < 4.78 is 2.66. The van der Waals surface area contributed by atoms with Crippen molar-refractivity contribution in [1.82, 2.24) is 20.0 Å². The molecule has 17 heavy (non-hydrogen) atoms. The van der Waals surface area contributed by atoms with E-state index in [1.54, 1.807) is 31.2 Å². The highest BCUT2D eigenvalue weighted by molar-refractivity contribution is 8.01. The maximum atomic E-state index is 10.8. The fraction of sp³-hybridized carbons (Fsp3) is 0.500. The smallest absolute Gasteiger partial charge is 0.324 e. The number of nitrogens with one attached hydrogen (secondary N) is 2. The van der Waals surface area contributed by atoms with Gasteiger partial charge in [0.1, 0.15) is 0 Å². The summed E-state index contributed by atoms with van der Waals surface area (Å²) in [4.78, 5) is 19.3. The lowest BCUT2D eigenvalue weighted by molar-refractivity contribution is 0.248. The van der Waals surface area contributed by atoms with E-state index in [4.69, 9.17) is 0 Å². The molecule has 1 aromatic rings. The van der Waals surface area contributed by atoms with Crippen molar-refractivity contribution in [3.8, 4) is 0 Å². The summed E-state index contributed by atoms with van der Waals surface area (Å²) in [5, 5.41) is 2.49. The largest absolute Gasteiger partial charge is 0.341 e. The number of rotatable bonds is 6. The van der Waals surface area contributed by atoms with Crippen molar-refractivity contribution in [2.45, 2.75) is 12.7 Å². The molecule has 0 aliphatic carbocycles. The number of nitrogens with zero attached hydrogens (tertiary/aromatic N) is 2. The van der Waals surface area contributed by atoms with Crippen LogP contribution < -0.4 is 10.0 Å². The Morgan fingerprint density at radius 1 is 1.35 bits per heavy atom. The molecule has 2 N–H and O–H groups in total. The second kappa shape index (κ2) is 8.19. The first-order valence-corrected chi connectivity index (χ1v) is 7.31. The van der Waals surface area contributed by atoms with E-state index < -0.39 is 0 Å². The van der Waals surface area contributed by atoms with Gasteiger partial charge in [0.05, 0.1) is 11.4 Å². The Kier molecular flexibility index (Phi) is 6.80. The van der Waals surface area contributed by atoms with Crippen molar-refractivity contribution in [2.24, 2.45) is 0 Å². The number of carbonyl (C=O) groups excluding carboxylic acids is 1. The van der Waals surface area contributed by atoms with Gasteiger partial charge in [-0.1, -0.05) is 0 Å². The summed E-state index contributed by atoms with van der Waals surface area (Å²) in [7, 11) is 1.60. The van der Waals surface area contributed by atoms with Gasteiger partial charge in [-0.05, 0) is 18.9 Å². The highest BCUT2D eigenvalue weighted by atomic mass is 32.2. The van der Waals surface area contributed by atoms with Gasteiger partial charge in [-0.3, -0.25) is 14.7 Å². The van der Waals surface area contributed by atoms with Gasteiger partial charge in [0.25, 0.3) is 0 Å². The normalized spacial score (nSPS) is 10.0. The third kappa shape index (κ3) is 6.38. The predicted octanol–water partition coefficient (Wildman–Crippen LogP) is 1.60. The van der Waals surface area contributed by atoms with E-state index in [-0.39, 0.29) is 6.03 Å². The topological polar surface area (TPSA) is 66.9 Å². The summed E-state index contributed by atoms with van der Waals surface area (Å²) in [6.45, 7) is 1.92. The van der Waals surface area contributed by atoms with Crippen LogP contribution in [0, 0.1) is 6.92 Å². The molecule has 2 amide bonds. The third-order valence-electron chi connectivity index (χ3n) is 1.81. The number of hydrogen-bond acceptors (Lipinski definition) is 5. The SMILES string of the molecule is CNC(=O)NSCCSCc1cnc(C)cn1. The van der Waals surface area contributed by atoms with Gasteiger partial charge in [0, 0.05) is 36.7 Å². The number of hydrogen-bond donors (Lipinski definition) is 2. The highest BCUT2D eigenvalue weighted by Crippen LogP contribution is 2.10. The van der Waals surface area contributed by atoms with Crippen molar-refractivity contribution in [3.05, 3.63) is 23.8 Å². The molecule has 0 saturated carbocycles. The van der Waals surface area contributed by atoms with Crippen LogP contribution in [-0.4, -0.2) is 34.6 Å². The van der Waals surface area contributed by atoms with Gasteiger partial charge in [-0.25, -0.2) is 4.79 Å². The minimum Gasteiger partial charge on any atom is -0.341 e. The van der Waals surface area contributed by atoms with Crippen molar-refractivity contribution >= 4 is 29.7 Å². The lowest BCUT2D eigenvalue weighted by atomic mass is 10.4. The van der Waals surface area contributed by atoms with Gasteiger partial charge >= 0.3 is 6.03 Å². The summed E-state index contributed by atoms with van der Waals surface area (Å²) in [5.74, 6) is 2.69. The van der Waals surface area contributed by atoms with E-state index in [0.717, 1.165) is 28.6 Å². The lowest BCUT2D eigenvalue weighted by Crippen LogP contribution is -2.27. The molecule has 0 bridgehead atoms. The first-order valence-electron chi connectivity index (χ1n) is 5.17. The van der Waals surface area contributed by atoms with Crippen LogP contribution in [0.3, 0.4) is 0 Å². The van der Waals surface area contributed by atoms with Crippen LogP contribution in [-0.2, 0) is 5.75 Å². The number of aromatic nitrogens is 2. The van der Waals surface area contributed by atoms with Gasteiger partial charge in [0.2, 0.25) is 0 Å². The van der Waals surface area contributed by atoms with E-state index in [2.05, 4.69) is 20.0 Å². The monoisotopic (exact) mass is 272 g/mol. The fourth-order valence-electron chi connectivity index (χ4n) is 0.939. The molecular weight excluding hydrogens is 256 g/mol. The molecule has 0 aliphatic heterocycles. The molecule has 1 aromatic heterocycles. The maximum absolute atomic E-state index is 10.8. The van der Waals surface area contributed by atoms with Gasteiger partial charge in [-0.15, -0.1) is 0 Å². The molecule has 0 aliphatic rings. The Morgan fingerprint density at radius 2 is 2.18 bits per heavy atom. The van der Waals surface area contributed by atoms with E-state index in [1.165, 1.54) is 11.9 Å². The Labute approximate surface area is 110 Å². The number of aryl methyl sites for hydroxylation is 1. The summed E-state index contributed by atoms with van der Waals surface area (Å²) in [5.41, 5.74) is 1.92. The standard InChI is InChI=1S/C10H16N4OS2/c1-8-5-13-9(6-12-8)7-16-3-4-17-14-10(15)11-2/h5-6H,3-4,7H2,1-2H3,(H2,11,14,15). The molecular formula is C10H16N4OS2. The molecule has 0 saturated heterocycles. The predicted molar refractivity (Wildman–Crippen MR) is 73.0 cm³/mol. The van der Waals surface area contributed by atoms with Crippen LogP contribution in [0.25, 0.3) is 0 Å². The number of thioether (sulfide) groups is 1. The van der Waals surface area contributed by atoms with Crippen LogP contribution in [0.15, 0.2) is 12.4 Å². The minimum absolute atomic E-state index is 0.163. The van der Waals surface area contributed by atoms with Crippen LogP contribution in [0.1, 0.15) is 11.4 Å². The van der Waals surface area contributed by atoms with E-state index in [1.807, 2.05) is 6.92 Å². The highest BCUT2D eigenvalue weighted by Gasteiger charge is 1.98. The molecule has 0 fully saturated rings. The number of carbonyl (C=O) groups is 1. The molecule has 0 radical (unpaired) electrons. The van der Waals surface area contributed by atoms with E-state index >= 15 is 0 Å². The molecule has 0 atom stereocenters. The second-order valence-electron chi connectivity index (χ2n) is 3.23.